The number of nitrogens with zero attached hydrogens (tertiary/aromatic N) is 5. The average molecular weight is 362 g/mol. The molecule has 0 bridgehead atoms. The van der Waals surface area contributed by atoms with Gasteiger partial charge in [-0.05, 0) is 26.2 Å². The highest BCUT2D eigenvalue weighted by Crippen LogP contribution is 2.20. The number of piperidine rings is 1. The molecular weight excluding hydrogens is 334 g/mol. The molecule has 8 heteroatoms. The fraction of sp³-hybridized carbons (Fsp3) is 0.647. The number of nitrogens with one attached hydrogen (secondary N) is 1. The number of nitrogen functional groups attached to an aromatic ring is 1. The van der Waals surface area contributed by atoms with Crippen molar-refractivity contribution >= 4 is 22.3 Å². The summed E-state index contributed by atoms with van der Waals surface area (Å²) in [6.07, 6.45) is 5.28. The minimum atomic E-state index is 0.547. The molecule has 0 saturated carbocycles. The van der Waals surface area contributed by atoms with Crippen LogP contribution in [0.2, 0.25) is 0 Å². The van der Waals surface area contributed by atoms with E-state index in [9.17, 15) is 0 Å². The molecule has 3 heterocycles. The van der Waals surface area contributed by atoms with Crippen molar-refractivity contribution in [1.82, 2.24) is 25.5 Å². The van der Waals surface area contributed by atoms with Crippen molar-refractivity contribution in [2.24, 2.45) is 0 Å². The number of nitrogens with two attached hydrogens (primary N) is 1. The molecule has 2 aromatic rings. The summed E-state index contributed by atoms with van der Waals surface area (Å²) >= 11 is 1.47. The zero-order chi connectivity index (χ0) is 17.6. The summed E-state index contributed by atoms with van der Waals surface area (Å²) in [5.41, 5.74) is 6.77. The molecule has 0 amide bonds. The molecule has 136 valence electrons. The summed E-state index contributed by atoms with van der Waals surface area (Å²) in [6.45, 7) is 7.16. The third kappa shape index (κ3) is 5.09. The first-order chi connectivity index (χ1) is 12.1. The lowest BCUT2D eigenvalue weighted by molar-refractivity contribution is 0.416. The molecular formula is C17H27N7S. The number of aryl methyl sites for hydroxylation is 2. The molecule has 1 saturated heterocycles. The van der Waals surface area contributed by atoms with Gasteiger partial charge >= 0.3 is 0 Å². The van der Waals surface area contributed by atoms with Crippen LogP contribution in [0.15, 0.2) is 6.07 Å². The SMILES string of the molecule is CCCc1cc(N2CCC(NCCc3nnc(N)s3)CC2)nc(C)n1. The van der Waals surface area contributed by atoms with E-state index in [1.54, 1.807) is 0 Å². The smallest absolute Gasteiger partial charge is 0.203 e. The van der Waals surface area contributed by atoms with Crippen LogP contribution in [0.4, 0.5) is 10.9 Å². The zero-order valence-electron chi connectivity index (χ0n) is 15.0. The summed E-state index contributed by atoms with van der Waals surface area (Å²) in [4.78, 5) is 11.6. The Morgan fingerprint density at radius 2 is 2.04 bits per heavy atom. The fourth-order valence-electron chi connectivity index (χ4n) is 3.22. The molecule has 0 radical (unpaired) electrons. The number of hydrogen-bond acceptors (Lipinski definition) is 8. The normalized spacial score (nSPS) is 15.7. The Balaban J connectivity index is 1.46. The maximum atomic E-state index is 5.61. The summed E-state index contributed by atoms with van der Waals surface area (Å²) < 4.78 is 0. The Morgan fingerprint density at radius 3 is 2.72 bits per heavy atom. The summed E-state index contributed by atoms with van der Waals surface area (Å²) in [6, 6.07) is 2.71. The van der Waals surface area contributed by atoms with E-state index in [0.717, 1.165) is 74.1 Å². The van der Waals surface area contributed by atoms with Crippen LogP contribution in [0.25, 0.3) is 0 Å². The van der Waals surface area contributed by atoms with E-state index in [2.05, 4.69) is 43.4 Å². The molecule has 7 nitrogen and oxygen atoms in total. The first-order valence-electron chi connectivity index (χ1n) is 9.04. The molecule has 2 aromatic heterocycles. The van der Waals surface area contributed by atoms with E-state index in [1.807, 2.05) is 6.92 Å². The minimum Gasteiger partial charge on any atom is -0.374 e. The average Bonchev–Trinajstić information content (AvgIpc) is 3.01. The molecule has 0 aliphatic carbocycles. The van der Waals surface area contributed by atoms with E-state index in [1.165, 1.54) is 11.3 Å². The zero-order valence-corrected chi connectivity index (χ0v) is 15.8. The van der Waals surface area contributed by atoms with Crippen molar-refractivity contribution in [2.45, 2.75) is 52.0 Å². The molecule has 1 aliphatic heterocycles. The second-order valence-electron chi connectivity index (χ2n) is 6.51. The van der Waals surface area contributed by atoms with Gasteiger partial charge in [0, 0.05) is 43.9 Å². The van der Waals surface area contributed by atoms with Gasteiger partial charge in [0.2, 0.25) is 5.13 Å². The van der Waals surface area contributed by atoms with Crippen molar-refractivity contribution in [3.8, 4) is 0 Å². The predicted octanol–water partition coefficient (Wildman–Crippen LogP) is 1.97. The van der Waals surface area contributed by atoms with E-state index in [-0.39, 0.29) is 0 Å². The van der Waals surface area contributed by atoms with Gasteiger partial charge in [0.1, 0.15) is 16.6 Å². The Morgan fingerprint density at radius 1 is 1.24 bits per heavy atom. The van der Waals surface area contributed by atoms with Gasteiger partial charge in [-0.25, -0.2) is 9.97 Å². The van der Waals surface area contributed by atoms with Crippen LogP contribution in [-0.2, 0) is 12.8 Å². The van der Waals surface area contributed by atoms with Gasteiger partial charge in [-0.15, -0.1) is 10.2 Å². The predicted molar refractivity (Wildman–Crippen MR) is 102 cm³/mol. The van der Waals surface area contributed by atoms with Crippen LogP contribution in [0.5, 0.6) is 0 Å². The van der Waals surface area contributed by atoms with Crippen molar-refractivity contribution < 1.29 is 0 Å². The molecule has 25 heavy (non-hydrogen) atoms. The van der Waals surface area contributed by atoms with Crippen LogP contribution in [0.3, 0.4) is 0 Å². The first-order valence-corrected chi connectivity index (χ1v) is 9.86. The van der Waals surface area contributed by atoms with Crippen molar-refractivity contribution in [3.05, 3.63) is 22.6 Å². The number of anilines is 2. The Bertz CT molecular complexity index is 679. The van der Waals surface area contributed by atoms with Crippen LogP contribution in [0.1, 0.15) is 42.7 Å². The fourth-order valence-corrected chi connectivity index (χ4v) is 3.83. The van der Waals surface area contributed by atoms with Gasteiger partial charge in [-0.3, -0.25) is 0 Å². The second kappa shape index (κ2) is 8.53. The topological polar surface area (TPSA) is 92.8 Å². The molecule has 1 aliphatic rings. The molecule has 3 rings (SSSR count). The van der Waals surface area contributed by atoms with Crippen LogP contribution in [0, 0.1) is 6.92 Å². The van der Waals surface area contributed by atoms with Crippen LogP contribution in [-0.4, -0.2) is 45.8 Å². The monoisotopic (exact) mass is 361 g/mol. The van der Waals surface area contributed by atoms with Gasteiger partial charge in [0.25, 0.3) is 0 Å². The van der Waals surface area contributed by atoms with Crippen molar-refractivity contribution in [2.75, 3.05) is 30.3 Å². The lowest BCUT2D eigenvalue weighted by Gasteiger charge is -2.33. The summed E-state index contributed by atoms with van der Waals surface area (Å²) in [7, 11) is 0. The van der Waals surface area contributed by atoms with Gasteiger partial charge in [-0.2, -0.15) is 0 Å². The highest BCUT2D eigenvalue weighted by Gasteiger charge is 2.20. The van der Waals surface area contributed by atoms with Crippen molar-refractivity contribution in [1.29, 1.82) is 0 Å². The van der Waals surface area contributed by atoms with Gasteiger partial charge < -0.3 is 16.0 Å². The standard InChI is InChI=1S/C17H27N7S/c1-3-4-14-11-15(21-12(2)20-14)24-9-6-13(7-10-24)19-8-5-16-22-23-17(18)25-16/h11,13,19H,3-10H2,1-2H3,(H2,18,23). The first kappa shape index (κ1) is 18.0. The maximum absolute atomic E-state index is 5.61. The molecule has 0 aromatic carbocycles. The van der Waals surface area contributed by atoms with Crippen molar-refractivity contribution in [3.63, 3.8) is 0 Å². The molecule has 1 fully saturated rings. The second-order valence-corrected chi connectivity index (χ2v) is 7.61. The highest BCUT2D eigenvalue weighted by molar-refractivity contribution is 7.15. The van der Waals surface area contributed by atoms with Gasteiger partial charge in [-0.1, -0.05) is 24.7 Å². The largest absolute Gasteiger partial charge is 0.374 e. The van der Waals surface area contributed by atoms with E-state index < -0.39 is 0 Å². The third-order valence-corrected chi connectivity index (χ3v) is 5.27. The Labute approximate surface area is 153 Å². The Hall–Kier alpha value is -1.80. The number of rotatable bonds is 7. The van der Waals surface area contributed by atoms with E-state index >= 15 is 0 Å². The lowest BCUT2D eigenvalue weighted by atomic mass is 10.0. The van der Waals surface area contributed by atoms with E-state index in [4.69, 9.17) is 5.73 Å². The van der Waals surface area contributed by atoms with Gasteiger partial charge in [0.05, 0.1) is 0 Å². The molecule has 0 unspecified atom stereocenters. The molecule has 0 spiro atoms. The molecule has 0 atom stereocenters. The number of hydrogen-bond donors (Lipinski definition) is 2. The Kier molecular flexibility index (Phi) is 6.14. The maximum Gasteiger partial charge on any atom is 0.203 e. The molecule has 3 N–H and O–H groups in total. The number of aromatic nitrogens is 4. The quantitative estimate of drug-likeness (QED) is 0.779. The minimum absolute atomic E-state index is 0.547. The highest BCUT2D eigenvalue weighted by atomic mass is 32.1. The summed E-state index contributed by atoms with van der Waals surface area (Å²) in [5.74, 6) is 1.95. The lowest BCUT2D eigenvalue weighted by Crippen LogP contribution is -2.43. The third-order valence-electron chi connectivity index (χ3n) is 4.46. The van der Waals surface area contributed by atoms with E-state index in [0.29, 0.717) is 11.2 Å². The van der Waals surface area contributed by atoms with Crippen LogP contribution >= 0.6 is 11.3 Å². The van der Waals surface area contributed by atoms with Crippen LogP contribution < -0.4 is 16.0 Å². The summed E-state index contributed by atoms with van der Waals surface area (Å²) in [5, 5.41) is 13.1. The van der Waals surface area contributed by atoms with Gasteiger partial charge in [0.15, 0.2) is 0 Å².